The molecular weight excluding hydrogens is 649 g/mol. The van der Waals surface area contributed by atoms with Gasteiger partial charge in [-0.25, -0.2) is 0 Å². The molecule has 0 aliphatic rings. The van der Waals surface area contributed by atoms with Gasteiger partial charge in [-0.2, -0.15) is 0 Å². The Hall–Kier alpha value is -2.89. The van der Waals surface area contributed by atoms with Crippen molar-refractivity contribution in [1.29, 1.82) is 0 Å². The highest BCUT2D eigenvalue weighted by Crippen LogP contribution is 2.37. The van der Waals surface area contributed by atoms with E-state index in [1.807, 2.05) is 0 Å². The number of Topliss-reactive ketones (excluding diaryl/α,β-unsaturated/α-hetero) is 1. The number of hydrogen-bond acceptors (Lipinski definition) is 8. The van der Waals surface area contributed by atoms with Gasteiger partial charge in [0.25, 0.3) is 0 Å². The third-order valence-electron chi connectivity index (χ3n) is 8.99. The predicted molar refractivity (Wildman–Crippen MR) is 204 cm³/mol. The summed E-state index contributed by atoms with van der Waals surface area (Å²) in [6.07, 6.45) is 4.06. The first kappa shape index (κ1) is 43.3. The summed E-state index contributed by atoms with van der Waals surface area (Å²) in [5.74, 6) is -0.611. The van der Waals surface area contributed by atoms with E-state index in [-0.39, 0.29) is 36.2 Å². The van der Waals surface area contributed by atoms with Crippen LogP contribution < -0.4 is 11.1 Å². The average molecular weight is 713 g/mol. The van der Waals surface area contributed by atoms with E-state index >= 15 is 0 Å². The summed E-state index contributed by atoms with van der Waals surface area (Å²) in [5.41, 5.74) is 11.4. The molecule has 50 heavy (non-hydrogen) atoms. The van der Waals surface area contributed by atoms with Crippen LogP contribution in [0.5, 0.6) is 0 Å². The lowest BCUT2D eigenvalue weighted by Crippen LogP contribution is -2.40. The zero-order valence-corrected chi connectivity index (χ0v) is 33.2. The first-order chi connectivity index (χ1) is 23.4. The van der Waals surface area contributed by atoms with Crippen molar-refractivity contribution in [3.8, 4) is 11.1 Å². The number of carbonyl (C=O) groups is 3. The average Bonchev–Trinajstić information content (AvgIpc) is 3.04. The van der Waals surface area contributed by atoms with Gasteiger partial charge in [0.15, 0.2) is 8.32 Å². The molecule has 1 atom stereocenters. The van der Waals surface area contributed by atoms with Gasteiger partial charge in [0.05, 0.1) is 19.8 Å². The Morgan fingerprint density at radius 1 is 0.860 bits per heavy atom. The minimum atomic E-state index is -1.81. The molecule has 2 aromatic rings. The Labute approximate surface area is 302 Å². The second-order valence-corrected chi connectivity index (χ2v) is 20.3. The zero-order chi connectivity index (χ0) is 37.4. The monoisotopic (exact) mass is 712 g/mol. The highest BCUT2D eigenvalue weighted by molar-refractivity contribution is 6.74. The lowest BCUT2D eigenvalue weighted by molar-refractivity contribution is -0.156. The Morgan fingerprint density at radius 2 is 1.52 bits per heavy atom. The number of amides is 1. The van der Waals surface area contributed by atoms with Gasteiger partial charge in [-0.1, -0.05) is 70.2 Å². The second-order valence-electron chi connectivity index (χ2n) is 15.5. The van der Waals surface area contributed by atoms with Gasteiger partial charge in [0.1, 0.15) is 24.0 Å². The van der Waals surface area contributed by atoms with Crippen molar-refractivity contribution >= 4 is 26.0 Å². The van der Waals surface area contributed by atoms with Crippen molar-refractivity contribution in [2.75, 3.05) is 33.0 Å². The van der Waals surface area contributed by atoms with Crippen LogP contribution in [0.1, 0.15) is 97.3 Å². The van der Waals surface area contributed by atoms with E-state index in [1.165, 1.54) is 27.8 Å². The molecule has 9 nitrogen and oxygen atoms in total. The van der Waals surface area contributed by atoms with Crippen molar-refractivity contribution < 1.29 is 33.0 Å². The maximum absolute atomic E-state index is 12.3. The highest BCUT2D eigenvalue weighted by atomic mass is 28.4. The van der Waals surface area contributed by atoms with Crippen molar-refractivity contribution in [3.63, 3.8) is 0 Å². The summed E-state index contributed by atoms with van der Waals surface area (Å²) in [6, 6.07) is 14.6. The number of nitrogens with one attached hydrogen (secondary N) is 1. The van der Waals surface area contributed by atoms with Crippen LogP contribution in [0.25, 0.3) is 11.1 Å². The van der Waals surface area contributed by atoms with Gasteiger partial charge in [-0.15, -0.1) is 0 Å². The first-order valence-corrected chi connectivity index (χ1v) is 21.1. The van der Waals surface area contributed by atoms with Crippen LogP contribution in [0.3, 0.4) is 0 Å². The minimum Gasteiger partial charge on any atom is -0.459 e. The molecule has 0 aliphatic heterocycles. The third kappa shape index (κ3) is 16.4. The number of hydrogen-bond donors (Lipinski definition) is 2. The van der Waals surface area contributed by atoms with Crippen LogP contribution >= 0.6 is 0 Å². The fourth-order valence-electron chi connectivity index (χ4n) is 4.87. The van der Waals surface area contributed by atoms with Gasteiger partial charge in [0.2, 0.25) is 5.91 Å². The van der Waals surface area contributed by atoms with E-state index in [9.17, 15) is 14.4 Å². The molecule has 0 saturated heterocycles. The van der Waals surface area contributed by atoms with Gasteiger partial charge in [-0.3, -0.25) is 14.4 Å². The molecule has 0 fully saturated rings. The van der Waals surface area contributed by atoms with Gasteiger partial charge in [0, 0.05) is 26.0 Å². The summed E-state index contributed by atoms with van der Waals surface area (Å²) in [7, 11) is -1.81. The fraction of sp³-hybridized carbons (Fsp3) is 0.625. The van der Waals surface area contributed by atoms with Crippen molar-refractivity contribution in [3.05, 3.63) is 59.2 Å². The van der Waals surface area contributed by atoms with Crippen molar-refractivity contribution in [1.82, 2.24) is 5.32 Å². The van der Waals surface area contributed by atoms with Crippen LogP contribution in [0, 0.1) is 0 Å². The number of esters is 1. The smallest absolute Gasteiger partial charge is 0.323 e. The van der Waals surface area contributed by atoms with Crippen LogP contribution in [-0.4, -0.2) is 70.6 Å². The topological polar surface area (TPSA) is 126 Å². The quantitative estimate of drug-likeness (QED) is 0.0739. The van der Waals surface area contributed by atoms with Crippen LogP contribution in [0.15, 0.2) is 42.5 Å². The fourth-order valence-corrected chi connectivity index (χ4v) is 5.83. The van der Waals surface area contributed by atoms with Gasteiger partial charge < -0.3 is 29.7 Å². The normalized spacial score (nSPS) is 12.8. The standard InChI is InChI=1S/C40H64N2O7Si/c1-10-30-17-21-35(32-18-15-31(16-19-32)28-48-50(8,9)40(5,6)7)33(27-30)13-11-23-42-37(44)29-47-26-25-46-24-12-14-34(43)20-22-36(41)38(45)49-39(2,3)4/h15-19,21,27,36H,10-14,20,22-26,28-29,41H2,1-9H3,(H,42,44). The Kier molecular flexibility index (Phi) is 18.0. The number of nitrogens with two attached hydrogens (primary N) is 1. The molecule has 1 amide bonds. The SMILES string of the molecule is CCc1ccc(-c2ccc(CO[Si](C)(C)C(C)(C)C)cc2)c(CCCNC(=O)COCCOCCCC(=O)CCC(N)C(=O)OC(C)(C)C)c1. The molecule has 0 aromatic heterocycles. The molecule has 3 N–H and O–H groups in total. The highest BCUT2D eigenvalue weighted by Gasteiger charge is 2.37. The number of ether oxygens (including phenoxy) is 3. The zero-order valence-electron chi connectivity index (χ0n) is 32.2. The summed E-state index contributed by atoms with van der Waals surface area (Å²) >= 11 is 0. The molecule has 280 valence electrons. The summed E-state index contributed by atoms with van der Waals surface area (Å²) in [4.78, 5) is 36.4. The number of carbonyl (C=O) groups excluding carboxylic acids is 3. The minimum absolute atomic E-state index is 0.0260. The lowest BCUT2D eigenvalue weighted by atomic mass is 9.93. The van der Waals surface area contributed by atoms with E-state index in [4.69, 9.17) is 24.4 Å². The molecular formula is C40H64N2O7Si. The molecule has 0 bridgehead atoms. The third-order valence-corrected chi connectivity index (χ3v) is 13.5. The van der Waals surface area contributed by atoms with E-state index in [0.717, 1.165) is 19.3 Å². The molecule has 0 heterocycles. The van der Waals surface area contributed by atoms with E-state index < -0.39 is 25.9 Å². The van der Waals surface area contributed by atoms with Gasteiger partial charge in [-0.05, 0) is 98.8 Å². The van der Waals surface area contributed by atoms with Crippen LogP contribution in [0.2, 0.25) is 18.1 Å². The summed E-state index contributed by atoms with van der Waals surface area (Å²) in [5, 5.41) is 3.14. The Balaban J connectivity index is 1.65. The maximum Gasteiger partial charge on any atom is 0.323 e. The number of ketones is 1. The lowest BCUT2D eigenvalue weighted by Gasteiger charge is -2.36. The van der Waals surface area contributed by atoms with Crippen molar-refractivity contribution in [2.24, 2.45) is 5.73 Å². The molecule has 0 radical (unpaired) electrons. The van der Waals surface area contributed by atoms with E-state index in [0.29, 0.717) is 45.8 Å². The summed E-state index contributed by atoms with van der Waals surface area (Å²) in [6.45, 7) is 21.1. The molecule has 2 rings (SSSR count). The van der Waals surface area contributed by atoms with E-state index in [2.05, 4.69) is 88.6 Å². The van der Waals surface area contributed by atoms with E-state index in [1.54, 1.807) is 20.8 Å². The number of aryl methyl sites for hydroxylation is 2. The maximum atomic E-state index is 12.3. The summed E-state index contributed by atoms with van der Waals surface area (Å²) < 4.78 is 22.6. The molecule has 10 heteroatoms. The van der Waals surface area contributed by atoms with Crippen molar-refractivity contribution in [2.45, 2.75) is 130 Å². The molecule has 0 saturated carbocycles. The predicted octanol–water partition coefficient (Wildman–Crippen LogP) is 7.32. The van der Waals surface area contributed by atoms with Gasteiger partial charge >= 0.3 is 5.97 Å². The Bertz CT molecular complexity index is 1350. The van der Waals surface area contributed by atoms with Crippen LogP contribution in [0.4, 0.5) is 0 Å². The first-order valence-electron chi connectivity index (χ1n) is 18.2. The molecule has 0 spiro atoms. The number of rotatable bonds is 22. The Morgan fingerprint density at radius 3 is 2.16 bits per heavy atom. The van der Waals surface area contributed by atoms with Crippen LogP contribution in [-0.2, 0) is 52.5 Å². The second kappa shape index (κ2) is 20.8. The largest absolute Gasteiger partial charge is 0.459 e. The molecule has 2 aromatic carbocycles. The number of benzene rings is 2. The molecule has 0 aliphatic carbocycles. The molecule has 1 unspecified atom stereocenters.